The van der Waals surface area contributed by atoms with Crippen molar-refractivity contribution in [1.29, 1.82) is 5.26 Å². The van der Waals surface area contributed by atoms with Gasteiger partial charge < -0.3 is 10.3 Å². The molecule has 0 atom stereocenters. The van der Waals surface area contributed by atoms with Crippen molar-refractivity contribution in [2.45, 2.75) is 20.8 Å². The van der Waals surface area contributed by atoms with Gasteiger partial charge in [-0.25, -0.2) is 15.0 Å². The number of nitriles is 1. The van der Waals surface area contributed by atoms with E-state index in [1.165, 1.54) is 6.33 Å². The first kappa shape index (κ1) is 20.9. The van der Waals surface area contributed by atoms with Crippen molar-refractivity contribution in [1.82, 2.24) is 19.9 Å². The summed E-state index contributed by atoms with van der Waals surface area (Å²) in [7, 11) is 0. The number of aromatic amines is 1. The number of nitrogens with one attached hydrogen (secondary N) is 2. The van der Waals surface area contributed by atoms with Crippen molar-refractivity contribution in [3.8, 4) is 28.5 Å². The van der Waals surface area contributed by atoms with Crippen LogP contribution in [0.15, 0.2) is 73.0 Å². The molecular weight excluding hydrogens is 400 g/mol. The number of pyridine rings is 1. The molecule has 4 aromatic rings. The van der Waals surface area contributed by atoms with E-state index in [-0.39, 0.29) is 11.0 Å². The van der Waals surface area contributed by atoms with E-state index in [4.69, 9.17) is 0 Å². The SMILES string of the molecule is CC(C)(C)C=C(C#N)C(=O)Nc1cccc(-c2cnc3[nH]cc(-c4ccncn4)c3c2)c1. The van der Waals surface area contributed by atoms with Crippen LogP contribution in [-0.4, -0.2) is 25.8 Å². The number of benzene rings is 1. The summed E-state index contributed by atoms with van der Waals surface area (Å²) in [4.78, 5) is 28.6. The fourth-order valence-corrected chi connectivity index (χ4v) is 3.38. The number of fused-ring (bicyclic) bond motifs is 1. The van der Waals surface area contributed by atoms with Crippen LogP contribution in [0.4, 0.5) is 5.69 Å². The molecule has 3 aromatic heterocycles. The van der Waals surface area contributed by atoms with E-state index in [9.17, 15) is 10.1 Å². The van der Waals surface area contributed by atoms with E-state index in [1.807, 2.05) is 63.4 Å². The van der Waals surface area contributed by atoms with Crippen LogP contribution in [0, 0.1) is 16.7 Å². The second kappa shape index (κ2) is 8.44. The van der Waals surface area contributed by atoms with Gasteiger partial charge in [0, 0.05) is 40.8 Å². The Labute approximate surface area is 185 Å². The second-order valence-electron chi connectivity index (χ2n) is 8.49. The number of aromatic nitrogens is 4. The molecule has 0 saturated carbocycles. The first-order valence-electron chi connectivity index (χ1n) is 10.1. The molecule has 0 radical (unpaired) electrons. The first-order chi connectivity index (χ1) is 15.3. The number of carbonyl (C=O) groups is 1. The molecule has 1 amide bonds. The van der Waals surface area contributed by atoms with Gasteiger partial charge >= 0.3 is 0 Å². The minimum Gasteiger partial charge on any atom is -0.345 e. The Kier molecular flexibility index (Phi) is 5.52. The average molecular weight is 422 g/mol. The Morgan fingerprint density at radius 2 is 2.00 bits per heavy atom. The fourth-order valence-electron chi connectivity index (χ4n) is 3.38. The lowest BCUT2D eigenvalue weighted by Gasteiger charge is -2.13. The monoisotopic (exact) mass is 422 g/mol. The van der Waals surface area contributed by atoms with E-state index in [0.717, 1.165) is 33.4 Å². The lowest BCUT2D eigenvalue weighted by molar-refractivity contribution is -0.112. The molecule has 0 aliphatic carbocycles. The average Bonchev–Trinajstić information content (AvgIpc) is 3.21. The predicted octanol–water partition coefficient (Wildman–Crippen LogP) is 5.12. The van der Waals surface area contributed by atoms with Crippen molar-refractivity contribution in [3.63, 3.8) is 0 Å². The summed E-state index contributed by atoms with van der Waals surface area (Å²) in [5.41, 5.74) is 4.72. The number of rotatable bonds is 4. The first-order valence-corrected chi connectivity index (χ1v) is 10.1. The van der Waals surface area contributed by atoms with Crippen molar-refractivity contribution >= 4 is 22.6 Å². The molecule has 1 aromatic carbocycles. The van der Waals surface area contributed by atoms with Crippen LogP contribution in [0.1, 0.15) is 20.8 Å². The third kappa shape index (κ3) is 4.55. The zero-order valence-corrected chi connectivity index (χ0v) is 18.0. The van der Waals surface area contributed by atoms with Crippen molar-refractivity contribution in [3.05, 3.63) is 73.0 Å². The van der Waals surface area contributed by atoms with Crippen LogP contribution >= 0.6 is 0 Å². The summed E-state index contributed by atoms with van der Waals surface area (Å²) in [5, 5.41) is 13.1. The maximum atomic E-state index is 12.6. The summed E-state index contributed by atoms with van der Waals surface area (Å²) in [6.07, 6.45) is 8.55. The number of H-pyrrole nitrogens is 1. The molecule has 7 nitrogen and oxygen atoms in total. The minimum atomic E-state index is -0.426. The van der Waals surface area contributed by atoms with E-state index >= 15 is 0 Å². The molecule has 0 saturated heterocycles. The van der Waals surface area contributed by atoms with E-state index in [2.05, 4.69) is 25.3 Å². The van der Waals surface area contributed by atoms with Gasteiger partial charge in [0.15, 0.2) is 0 Å². The number of amides is 1. The van der Waals surface area contributed by atoms with Crippen LogP contribution in [0.3, 0.4) is 0 Å². The van der Waals surface area contributed by atoms with Gasteiger partial charge in [0.25, 0.3) is 5.91 Å². The molecule has 0 aliphatic rings. The molecule has 0 bridgehead atoms. The zero-order valence-electron chi connectivity index (χ0n) is 18.0. The van der Waals surface area contributed by atoms with Crippen LogP contribution < -0.4 is 5.32 Å². The maximum Gasteiger partial charge on any atom is 0.265 e. The standard InChI is InChI=1S/C25H22N6O/c1-25(2,3)11-18(12-26)24(32)31-19-6-4-5-16(9-19)17-10-20-21(14-29-23(20)28-13-17)22-7-8-27-15-30-22/h4-11,13-15H,1-3H3,(H,28,29)(H,31,32). The number of hydrogen-bond donors (Lipinski definition) is 2. The molecule has 32 heavy (non-hydrogen) atoms. The highest BCUT2D eigenvalue weighted by Crippen LogP contribution is 2.30. The van der Waals surface area contributed by atoms with Crippen LogP contribution in [0.25, 0.3) is 33.4 Å². The smallest absolute Gasteiger partial charge is 0.265 e. The van der Waals surface area contributed by atoms with Crippen LogP contribution in [-0.2, 0) is 4.79 Å². The van der Waals surface area contributed by atoms with Gasteiger partial charge in [-0.2, -0.15) is 5.26 Å². The number of allylic oxidation sites excluding steroid dienone is 1. The molecule has 0 fully saturated rings. The quantitative estimate of drug-likeness (QED) is 0.350. The summed E-state index contributed by atoms with van der Waals surface area (Å²) in [5.74, 6) is -0.426. The summed E-state index contributed by atoms with van der Waals surface area (Å²) in [6, 6.07) is 13.3. The van der Waals surface area contributed by atoms with E-state index in [1.54, 1.807) is 24.5 Å². The Morgan fingerprint density at radius 1 is 1.16 bits per heavy atom. The van der Waals surface area contributed by atoms with Gasteiger partial charge in [0.05, 0.1) is 5.69 Å². The zero-order chi connectivity index (χ0) is 22.7. The van der Waals surface area contributed by atoms with Crippen LogP contribution in [0.2, 0.25) is 0 Å². The molecule has 3 heterocycles. The Balaban J connectivity index is 1.66. The van der Waals surface area contributed by atoms with Gasteiger partial charge in [-0.15, -0.1) is 0 Å². The Hall–Kier alpha value is -4.31. The molecule has 0 unspecified atom stereocenters. The van der Waals surface area contributed by atoms with Gasteiger partial charge in [-0.3, -0.25) is 4.79 Å². The van der Waals surface area contributed by atoms with Gasteiger partial charge in [-0.05, 0) is 35.2 Å². The predicted molar refractivity (Wildman–Crippen MR) is 124 cm³/mol. The third-order valence-electron chi connectivity index (χ3n) is 4.79. The Bertz CT molecular complexity index is 1360. The minimum absolute atomic E-state index is 0.0906. The highest BCUT2D eigenvalue weighted by molar-refractivity contribution is 6.07. The largest absolute Gasteiger partial charge is 0.345 e. The van der Waals surface area contributed by atoms with E-state index in [0.29, 0.717) is 5.69 Å². The maximum absolute atomic E-state index is 12.6. The molecule has 2 N–H and O–H groups in total. The normalized spacial score (nSPS) is 11.9. The van der Waals surface area contributed by atoms with Gasteiger partial charge in [-0.1, -0.05) is 39.0 Å². The highest BCUT2D eigenvalue weighted by atomic mass is 16.1. The molecule has 158 valence electrons. The molecule has 4 rings (SSSR count). The topological polar surface area (TPSA) is 107 Å². The highest BCUT2D eigenvalue weighted by Gasteiger charge is 2.15. The second-order valence-corrected chi connectivity index (χ2v) is 8.49. The van der Waals surface area contributed by atoms with E-state index < -0.39 is 5.91 Å². The third-order valence-corrected chi connectivity index (χ3v) is 4.79. The number of nitrogens with zero attached hydrogens (tertiary/aromatic N) is 4. The number of anilines is 1. The van der Waals surface area contributed by atoms with Gasteiger partial charge in [0.1, 0.15) is 23.6 Å². The molecular formula is C25H22N6O. The fraction of sp³-hybridized carbons (Fsp3) is 0.160. The lowest BCUT2D eigenvalue weighted by atomic mass is 9.93. The van der Waals surface area contributed by atoms with Crippen molar-refractivity contribution < 1.29 is 4.79 Å². The Morgan fingerprint density at radius 3 is 2.72 bits per heavy atom. The summed E-state index contributed by atoms with van der Waals surface area (Å²) in [6.45, 7) is 5.83. The van der Waals surface area contributed by atoms with Crippen LogP contribution in [0.5, 0.6) is 0 Å². The summed E-state index contributed by atoms with van der Waals surface area (Å²) >= 11 is 0. The number of hydrogen-bond acceptors (Lipinski definition) is 5. The number of carbonyl (C=O) groups excluding carboxylic acids is 1. The van der Waals surface area contributed by atoms with Crippen molar-refractivity contribution in [2.24, 2.45) is 5.41 Å². The van der Waals surface area contributed by atoms with Gasteiger partial charge in [0.2, 0.25) is 0 Å². The molecule has 0 aliphatic heterocycles. The van der Waals surface area contributed by atoms with Crippen molar-refractivity contribution in [2.75, 3.05) is 5.32 Å². The molecule has 7 heteroatoms. The summed E-state index contributed by atoms with van der Waals surface area (Å²) < 4.78 is 0. The lowest BCUT2D eigenvalue weighted by Crippen LogP contribution is -2.15. The molecule has 0 spiro atoms.